The molecule has 0 amide bonds. The predicted octanol–water partition coefficient (Wildman–Crippen LogP) is 7.54. The second kappa shape index (κ2) is 20.9. The van der Waals surface area contributed by atoms with Crippen LogP contribution in [0.5, 0.6) is 0 Å². The van der Waals surface area contributed by atoms with Gasteiger partial charge in [0.25, 0.3) is 12.3 Å². The van der Waals surface area contributed by atoms with Crippen LogP contribution >= 0.6 is 0 Å². The van der Waals surface area contributed by atoms with Gasteiger partial charge in [-0.05, 0) is 44.9 Å². The van der Waals surface area contributed by atoms with Gasteiger partial charge in [0, 0.05) is 18.0 Å². The number of rotatable bonds is 22. The van der Waals surface area contributed by atoms with Crippen molar-refractivity contribution in [3.63, 3.8) is 0 Å². The number of hydrogen-bond acceptors (Lipinski definition) is 4. The van der Waals surface area contributed by atoms with Gasteiger partial charge in [0.2, 0.25) is 0 Å². The lowest BCUT2D eigenvalue weighted by molar-refractivity contribution is -0.503. The highest BCUT2D eigenvalue weighted by molar-refractivity contribution is 5.56. The van der Waals surface area contributed by atoms with E-state index in [1.165, 1.54) is 115 Å². The van der Waals surface area contributed by atoms with Gasteiger partial charge in [-0.3, -0.25) is 14.9 Å². The van der Waals surface area contributed by atoms with Gasteiger partial charge in [0.15, 0.2) is 0 Å². The van der Waals surface area contributed by atoms with Gasteiger partial charge in [-0.2, -0.15) is 0 Å². The third-order valence-corrected chi connectivity index (χ3v) is 6.50. The lowest BCUT2D eigenvalue weighted by Gasteiger charge is -2.21. The van der Waals surface area contributed by atoms with Crippen molar-refractivity contribution in [1.82, 2.24) is 0 Å². The highest BCUT2D eigenvalue weighted by atomic mass is 16.6. The standard InChI is InChI=1S/C26H47NO4/c28-24-25(27(29)30)20-16-13-11-9-7-5-3-1-2-4-6-8-10-12-14-19-23-31-26-21-17-15-18-22-26/h15,25-26H,1-14,16-23H2. The molecule has 1 atom stereocenters. The molecule has 0 aromatic heterocycles. The van der Waals surface area contributed by atoms with E-state index in [0.717, 1.165) is 25.9 Å². The number of ether oxygens (including phenoxy) is 1. The van der Waals surface area contributed by atoms with E-state index in [0.29, 0.717) is 12.5 Å². The Balaban J connectivity index is 1.69. The van der Waals surface area contributed by atoms with Crippen molar-refractivity contribution in [3.8, 4) is 0 Å². The van der Waals surface area contributed by atoms with Gasteiger partial charge in [0.1, 0.15) is 0 Å². The summed E-state index contributed by atoms with van der Waals surface area (Å²) in [5.41, 5.74) is 0. The first-order valence-corrected chi connectivity index (χ1v) is 13.2. The van der Waals surface area contributed by atoms with E-state index in [-0.39, 0.29) is 0 Å². The molecule has 180 valence electrons. The molecule has 5 nitrogen and oxygen atoms in total. The van der Waals surface area contributed by atoms with Crippen LogP contribution < -0.4 is 0 Å². The summed E-state index contributed by atoms with van der Waals surface area (Å²) in [6.45, 7) is 0.964. The van der Waals surface area contributed by atoms with Gasteiger partial charge in [-0.15, -0.1) is 0 Å². The molecule has 0 bridgehead atoms. The highest BCUT2D eigenvalue weighted by Gasteiger charge is 2.18. The van der Waals surface area contributed by atoms with Crippen LogP contribution in [0.4, 0.5) is 0 Å². The van der Waals surface area contributed by atoms with Crippen LogP contribution in [-0.2, 0) is 9.53 Å². The van der Waals surface area contributed by atoms with Crippen molar-refractivity contribution in [2.45, 2.75) is 147 Å². The summed E-state index contributed by atoms with van der Waals surface area (Å²) in [4.78, 5) is 20.4. The zero-order valence-electron chi connectivity index (χ0n) is 19.9. The van der Waals surface area contributed by atoms with E-state index in [1.54, 1.807) is 0 Å². The maximum Gasteiger partial charge on any atom is 0.278 e. The average Bonchev–Trinajstić information content (AvgIpc) is 2.78. The summed E-state index contributed by atoms with van der Waals surface area (Å²) < 4.78 is 5.97. The molecular formula is C26H47NO4. The van der Waals surface area contributed by atoms with Crippen molar-refractivity contribution in [1.29, 1.82) is 0 Å². The molecular weight excluding hydrogens is 390 g/mol. The van der Waals surface area contributed by atoms with E-state index in [4.69, 9.17) is 4.74 Å². The first-order chi connectivity index (χ1) is 15.2. The number of nitrogens with zero attached hydrogens (tertiary/aromatic N) is 1. The molecule has 1 fully saturated rings. The summed E-state index contributed by atoms with van der Waals surface area (Å²) in [5, 5.41) is 10.5. The van der Waals surface area contributed by atoms with E-state index in [9.17, 15) is 14.9 Å². The number of hydrogen-bond donors (Lipinski definition) is 0. The van der Waals surface area contributed by atoms with Gasteiger partial charge in [-0.25, -0.2) is 0 Å². The first kappa shape index (κ1) is 28.1. The molecule has 1 unspecified atom stereocenters. The molecule has 0 aromatic rings. The molecule has 1 aliphatic rings. The smallest absolute Gasteiger partial charge is 0.278 e. The maximum absolute atomic E-state index is 10.5. The first-order valence-electron chi connectivity index (χ1n) is 13.2. The summed E-state index contributed by atoms with van der Waals surface area (Å²) in [7, 11) is 0. The van der Waals surface area contributed by atoms with Gasteiger partial charge < -0.3 is 4.74 Å². The zero-order valence-corrected chi connectivity index (χ0v) is 19.9. The van der Waals surface area contributed by atoms with Crippen molar-refractivity contribution in [3.05, 3.63) is 16.5 Å². The SMILES string of the molecule is O=[C]C(CCCCCCCCCCCCCCCCCCOC1CC[CH]CC1)[N+](=O)[O-]. The molecule has 1 rings (SSSR count). The second-order valence-electron chi connectivity index (χ2n) is 9.30. The Morgan fingerprint density at radius 3 is 1.61 bits per heavy atom. The van der Waals surface area contributed by atoms with E-state index in [1.807, 2.05) is 0 Å². The van der Waals surface area contributed by atoms with Crippen molar-refractivity contribution < 1.29 is 14.5 Å². The van der Waals surface area contributed by atoms with Gasteiger partial charge in [-0.1, -0.05) is 89.9 Å². The Labute approximate surface area is 191 Å². The van der Waals surface area contributed by atoms with Gasteiger partial charge >= 0.3 is 0 Å². The number of unbranched alkanes of at least 4 members (excludes halogenated alkanes) is 15. The minimum absolute atomic E-state index is 0.338. The average molecular weight is 438 g/mol. The predicted molar refractivity (Wildman–Crippen MR) is 127 cm³/mol. The summed E-state index contributed by atoms with van der Waals surface area (Å²) >= 11 is 0. The summed E-state index contributed by atoms with van der Waals surface area (Å²) in [5.74, 6) is 0. The number of carbonyl (C=O) groups excluding carboxylic acids is 1. The molecule has 2 radical (unpaired) electrons. The normalized spacial score (nSPS) is 15.7. The summed E-state index contributed by atoms with van der Waals surface area (Å²) in [6.07, 6.45) is 29.9. The van der Waals surface area contributed by atoms with Crippen molar-refractivity contribution in [2.75, 3.05) is 6.61 Å². The second-order valence-corrected chi connectivity index (χ2v) is 9.30. The quantitative estimate of drug-likeness (QED) is 0.0996. The Bertz CT molecular complexity index is 424. The Morgan fingerprint density at radius 1 is 0.774 bits per heavy atom. The van der Waals surface area contributed by atoms with Crippen molar-refractivity contribution >= 4 is 6.29 Å². The van der Waals surface area contributed by atoms with Crippen LogP contribution in [0.2, 0.25) is 0 Å². The topological polar surface area (TPSA) is 69.4 Å². The number of nitro groups is 1. The Morgan fingerprint density at radius 2 is 1.19 bits per heavy atom. The molecule has 0 aliphatic heterocycles. The van der Waals surface area contributed by atoms with Crippen LogP contribution in [0.3, 0.4) is 0 Å². The Hall–Kier alpha value is -0.970. The minimum atomic E-state index is -1.12. The van der Waals surface area contributed by atoms with Crippen LogP contribution in [0, 0.1) is 16.5 Å². The van der Waals surface area contributed by atoms with Crippen LogP contribution in [0.15, 0.2) is 0 Å². The molecule has 5 heteroatoms. The molecule has 0 heterocycles. The largest absolute Gasteiger partial charge is 0.378 e. The van der Waals surface area contributed by atoms with Gasteiger partial charge in [0.05, 0.1) is 6.10 Å². The molecule has 0 aromatic carbocycles. The van der Waals surface area contributed by atoms with Crippen molar-refractivity contribution in [2.24, 2.45) is 0 Å². The fourth-order valence-corrected chi connectivity index (χ4v) is 4.43. The zero-order chi connectivity index (χ0) is 22.4. The van der Waals surface area contributed by atoms with Crippen LogP contribution in [-0.4, -0.2) is 30.0 Å². The Kier molecular flexibility index (Phi) is 18.9. The minimum Gasteiger partial charge on any atom is -0.378 e. The van der Waals surface area contributed by atoms with E-state index < -0.39 is 11.0 Å². The summed E-state index contributed by atoms with van der Waals surface area (Å²) in [6, 6.07) is -1.12. The monoisotopic (exact) mass is 437 g/mol. The molecule has 0 N–H and O–H groups in total. The third kappa shape index (κ3) is 17.3. The van der Waals surface area contributed by atoms with E-state index in [2.05, 4.69) is 6.42 Å². The fraction of sp³-hybridized carbons (Fsp3) is 0.923. The third-order valence-electron chi connectivity index (χ3n) is 6.50. The van der Waals surface area contributed by atoms with Crippen LogP contribution in [0.1, 0.15) is 135 Å². The molecule has 31 heavy (non-hydrogen) atoms. The fourth-order valence-electron chi connectivity index (χ4n) is 4.43. The molecule has 1 aliphatic carbocycles. The molecule has 0 spiro atoms. The lowest BCUT2D eigenvalue weighted by atomic mass is 9.98. The molecule has 1 saturated carbocycles. The highest BCUT2D eigenvalue weighted by Crippen LogP contribution is 2.20. The van der Waals surface area contributed by atoms with E-state index >= 15 is 0 Å². The lowest BCUT2D eigenvalue weighted by Crippen LogP contribution is -2.20. The molecule has 0 saturated heterocycles. The maximum atomic E-state index is 10.5. The van der Waals surface area contributed by atoms with Crippen LogP contribution in [0.25, 0.3) is 0 Å².